The number of carboxylic acids is 1. The van der Waals surface area contributed by atoms with E-state index in [-0.39, 0.29) is 35.7 Å². The highest BCUT2D eigenvalue weighted by molar-refractivity contribution is 5.75. The molecule has 0 aromatic rings. The maximum Gasteiger partial charge on any atom is 0.306 e. The fraction of sp³-hybridized carbons (Fsp3) is 0.891. The Balaban J connectivity index is 1.14. The molecule has 294 valence electrons. The maximum atomic E-state index is 13.2. The van der Waals surface area contributed by atoms with Gasteiger partial charge in [0, 0.05) is 11.8 Å². The number of carboxylic acid groups (broad SMARTS) is 1. The van der Waals surface area contributed by atoms with Crippen LogP contribution in [-0.2, 0) is 19.1 Å². The summed E-state index contributed by atoms with van der Waals surface area (Å²) < 4.78 is 6.30. The molecule has 1 heterocycles. The van der Waals surface area contributed by atoms with Crippen LogP contribution in [0, 0.1) is 74.4 Å². The minimum Gasteiger partial charge on any atom is -0.481 e. The average molecular weight is 722 g/mol. The molecule has 52 heavy (non-hydrogen) atoms. The Morgan fingerprint density at radius 1 is 0.846 bits per heavy atom. The van der Waals surface area contributed by atoms with Gasteiger partial charge in [-0.05, 0) is 180 Å². The van der Waals surface area contributed by atoms with Gasteiger partial charge in [-0.2, -0.15) is 0 Å². The Morgan fingerprint density at radius 3 is 2.15 bits per heavy atom. The van der Waals surface area contributed by atoms with E-state index in [0.29, 0.717) is 40.3 Å². The van der Waals surface area contributed by atoms with Gasteiger partial charge < -0.3 is 19.5 Å². The van der Waals surface area contributed by atoms with E-state index in [1.165, 1.54) is 76.3 Å². The zero-order valence-electron chi connectivity index (χ0n) is 34.7. The molecular formula is C46H75NO5. The van der Waals surface area contributed by atoms with Gasteiger partial charge in [0.2, 0.25) is 0 Å². The lowest BCUT2D eigenvalue weighted by molar-refractivity contribution is -0.245. The van der Waals surface area contributed by atoms with Crippen molar-refractivity contribution in [2.45, 2.75) is 165 Å². The first-order chi connectivity index (χ1) is 24.2. The molecule has 1 unspecified atom stereocenters. The van der Waals surface area contributed by atoms with Gasteiger partial charge in [0.1, 0.15) is 11.9 Å². The van der Waals surface area contributed by atoms with E-state index in [4.69, 9.17) is 4.74 Å². The van der Waals surface area contributed by atoms with Crippen molar-refractivity contribution < 1.29 is 24.2 Å². The van der Waals surface area contributed by atoms with Crippen molar-refractivity contribution in [1.82, 2.24) is 4.90 Å². The van der Waals surface area contributed by atoms with E-state index < -0.39 is 11.4 Å². The molecule has 1 N–H and O–H groups in total. The van der Waals surface area contributed by atoms with Crippen molar-refractivity contribution >= 4 is 17.7 Å². The van der Waals surface area contributed by atoms with Gasteiger partial charge in [-0.1, -0.05) is 60.6 Å². The van der Waals surface area contributed by atoms with Crippen molar-refractivity contribution in [3.8, 4) is 0 Å². The van der Waals surface area contributed by atoms with Crippen LogP contribution in [0.3, 0.4) is 0 Å². The molecule has 5 saturated carbocycles. The minimum absolute atomic E-state index is 0.0325. The fourth-order valence-corrected chi connectivity index (χ4v) is 15.1. The molecule has 6 aliphatic rings. The number of esters is 1. The lowest BCUT2D eigenvalue weighted by atomic mass is 9.33. The molecule has 0 radical (unpaired) electrons. The highest BCUT2D eigenvalue weighted by atomic mass is 16.5. The van der Waals surface area contributed by atoms with Crippen LogP contribution in [0.25, 0.3) is 0 Å². The predicted molar refractivity (Wildman–Crippen MR) is 209 cm³/mol. The zero-order valence-corrected chi connectivity index (χ0v) is 34.7. The van der Waals surface area contributed by atoms with Gasteiger partial charge in [0.25, 0.3) is 0 Å². The quantitative estimate of drug-likeness (QED) is 0.169. The number of hydrogen-bond acceptors (Lipinski definition) is 5. The van der Waals surface area contributed by atoms with Gasteiger partial charge in [-0.3, -0.25) is 9.59 Å². The second-order valence-electron chi connectivity index (χ2n) is 21.6. The van der Waals surface area contributed by atoms with Crippen LogP contribution in [0.1, 0.15) is 159 Å². The first-order valence-electron chi connectivity index (χ1n) is 21.5. The molecule has 11 atom stereocenters. The SMILES string of the molecule is C=C(C)[C@@H]1C[C@@H](CCN2CCC(CC(C)=O)CC2)C2CC[C@]3(C)[C@H](CC[C@@H]4[C@@]5(C)CC[C@H](OC(=O)CC(C)(C)CC(=O)O)C(C)(C)[C@@H]5CC[C@]43C)[C@H]21. The van der Waals surface area contributed by atoms with E-state index in [2.05, 4.69) is 53.0 Å². The number of carbonyl (C=O) groups excluding carboxylic acids is 2. The predicted octanol–water partition coefficient (Wildman–Crippen LogP) is 10.4. The molecule has 6 fully saturated rings. The molecule has 6 nitrogen and oxygen atoms in total. The van der Waals surface area contributed by atoms with E-state index in [9.17, 15) is 19.5 Å². The number of allylic oxidation sites excluding steroid dienone is 1. The minimum atomic E-state index is -0.869. The smallest absolute Gasteiger partial charge is 0.306 e. The van der Waals surface area contributed by atoms with E-state index in [1.54, 1.807) is 6.92 Å². The zero-order chi connectivity index (χ0) is 38.0. The van der Waals surface area contributed by atoms with Crippen molar-refractivity contribution in [1.29, 1.82) is 0 Å². The Bertz CT molecular complexity index is 1380. The Hall–Kier alpha value is -1.69. The van der Waals surface area contributed by atoms with Gasteiger partial charge >= 0.3 is 11.9 Å². The molecule has 1 aliphatic heterocycles. The highest BCUT2D eigenvalue weighted by Gasteiger charge is 2.69. The van der Waals surface area contributed by atoms with E-state index in [0.717, 1.165) is 56.0 Å². The Morgan fingerprint density at radius 2 is 1.52 bits per heavy atom. The number of nitrogens with zero attached hydrogens (tertiary/aromatic N) is 1. The Kier molecular flexibility index (Phi) is 11.1. The number of hydrogen-bond donors (Lipinski definition) is 1. The molecule has 5 aliphatic carbocycles. The van der Waals surface area contributed by atoms with Crippen LogP contribution in [0.15, 0.2) is 12.2 Å². The summed E-state index contributed by atoms with van der Waals surface area (Å²) in [6.07, 6.45) is 15.6. The third-order valence-corrected chi connectivity index (χ3v) is 17.7. The first-order valence-corrected chi connectivity index (χ1v) is 21.5. The first kappa shape index (κ1) is 40.0. The molecule has 1 saturated heterocycles. The average Bonchev–Trinajstić information content (AvgIpc) is 3.40. The van der Waals surface area contributed by atoms with Gasteiger partial charge in [0.05, 0.1) is 12.8 Å². The number of carbonyl (C=O) groups is 3. The summed E-state index contributed by atoms with van der Waals surface area (Å²) in [7, 11) is 0. The summed E-state index contributed by atoms with van der Waals surface area (Å²) in [5.74, 6) is 4.82. The third-order valence-electron chi connectivity index (χ3n) is 17.7. The molecule has 0 amide bonds. The number of ether oxygens (including phenoxy) is 1. The van der Waals surface area contributed by atoms with Crippen molar-refractivity contribution in [3.05, 3.63) is 12.2 Å². The van der Waals surface area contributed by atoms with Crippen LogP contribution in [0.4, 0.5) is 0 Å². The van der Waals surface area contributed by atoms with Crippen molar-refractivity contribution in [2.24, 2.45) is 74.4 Å². The van der Waals surface area contributed by atoms with Crippen LogP contribution in [0.5, 0.6) is 0 Å². The maximum absolute atomic E-state index is 13.2. The summed E-state index contributed by atoms with van der Waals surface area (Å²) >= 11 is 0. The van der Waals surface area contributed by atoms with Gasteiger partial charge in [0.15, 0.2) is 0 Å². The standard InChI is InChI=1S/C46H75NO5/c1-29(2)34-26-32(18-24-47-22-16-31(17-23-47)25-30(3)48)33-13-20-45(9)35(41(33)34)11-12-37-44(8)19-15-38(43(6,7)36(44)14-21-46(37,45)10)52-40(51)28-42(4,5)27-39(49)50/h31-38,41H,1,11-28H2,2-10H3,(H,49,50)/t32-,33?,34+,35-,36+,37-,38+,41-,44+,45-,46-/m1/s1. The largest absolute Gasteiger partial charge is 0.481 e. The second-order valence-corrected chi connectivity index (χ2v) is 21.6. The van der Waals surface area contributed by atoms with Crippen LogP contribution in [0.2, 0.25) is 0 Å². The van der Waals surface area contributed by atoms with Crippen LogP contribution >= 0.6 is 0 Å². The summed E-state index contributed by atoms with van der Waals surface area (Å²) in [5.41, 5.74) is 1.53. The van der Waals surface area contributed by atoms with E-state index in [1.807, 2.05) is 13.8 Å². The number of rotatable bonds is 11. The second kappa shape index (κ2) is 14.4. The molecule has 0 bridgehead atoms. The lowest BCUT2D eigenvalue weighted by Gasteiger charge is -2.72. The summed E-state index contributed by atoms with van der Waals surface area (Å²) in [4.78, 5) is 39.0. The number of fused-ring (bicyclic) bond motifs is 7. The van der Waals surface area contributed by atoms with Crippen LogP contribution in [-0.4, -0.2) is 53.5 Å². The third kappa shape index (κ3) is 7.11. The van der Waals surface area contributed by atoms with Crippen molar-refractivity contribution in [2.75, 3.05) is 19.6 Å². The summed E-state index contributed by atoms with van der Waals surface area (Å²) in [6.45, 7) is 28.8. The number of likely N-dealkylation sites (tertiary alicyclic amines) is 1. The Labute approximate surface area is 317 Å². The van der Waals surface area contributed by atoms with E-state index >= 15 is 0 Å². The summed E-state index contributed by atoms with van der Waals surface area (Å²) in [6, 6.07) is 0. The number of ketones is 1. The number of piperidine rings is 1. The molecule has 0 aromatic carbocycles. The summed E-state index contributed by atoms with van der Waals surface area (Å²) in [5, 5.41) is 9.35. The lowest BCUT2D eigenvalue weighted by Crippen LogP contribution is -2.66. The molecule has 6 rings (SSSR count). The van der Waals surface area contributed by atoms with Crippen molar-refractivity contribution in [3.63, 3.8) is 0 Å². The molecular weight excluding hydrogens is 647 g/mol. The van der Waals surface area contributed by atoms with Gasteiger partial charge in [-0.25, -0.2) is 0 Å². The van der Waals surface area contributed by atoms with Gasteiger partial charge in [-0.15, -0.1) is 0 Å². The normalized spacial score (nSPS) is 41.9. The fourth-order valence-electron chi connectivity index (χ4n) is 15.1. The molecule has 6 heteroatoms. The topological polar surface area (TPSA) is 83.9 Å². The molecule has 0 spiro atoms. The van der Waals surface area contributed by atoms with Crippen LogP contribution < -0.4 is 0 Å². The monoisotopic (exact) mass is 722 g/mol. The molecule has 0 aromatic heterocycles. The number of aliphatic carboxylic acids is 1. The highest BCUT2D eigenvalue weighted by Crippen LogP contribution is 2.76. The number of Topliss-reactive ketones (excluding diaryl/α,β-unsaturated/α-hetero) is 1.